The Kier molecular flexibility index (Phi) is 5.71. The normalized spacial score (nSPS) is 10.8. The van der Waals surface area contributed by atoms with Gasteiger partial charge in [-0.2, -0.15) is 5.10 Å². The minimum Gasteiger partial charge on any atom is -0.346 e. The number of nitrogens with one attached hydrogen (secondary N) is 1. The van der Waals surface area contributed by atoms with E-state index in [4.69, 9.17) is 5.10 Å². The Labute approximate surface area is 190 Å². The quantitative estimate of drug-likeness (QED) is 0.423. The van der Waals surface area contributed by atoms with Gasteiger partial charge in [0.15, 0.2) is 5.69 Å². The van der Waals surface area contributed by atoms with Crippen LogP contribution in [0.1, 0.15) is 21.6 Å². The first-order valence-electron chi connectivity index (χ1n) is 10.5. The first kappa shape index (κ1) is 20.3. The molecule has 5 aromatic rings. The molecule has 162 valence electrons. The maximum Gasteiger partial charge on any atom is 0.273 e. The Balaban J connectivity index is 1.34. The van der Waals surface area contributed by atoms with Crippen molar-refractivity contribution in [3.63, 3.8) is 0 Å². The monoisotopic (exact) mass is 435 g/mol. The van der Waals surface area contributed by atoms with Gasteiger partial charge >= 0.3 is 0 Å². The molecule has 0 spiro atoms. The van der Waals surface area contributed by atoms with Crippen LogP contribution in [-0.2, 0) is 13.1 Å². The van der Waals surface area contributed by atoms with E-state index in [1.54, 1.807) is 23.3 Å². The molecule has 0 aliphatic rings. The van der Waals surface area contributed by atoms with E-state index in [-0.39, 0.29) is 11.6 Å². The van der Waals surface area contributed by atoms with E-state index < -0.39 is 0 Å². The molecule has 5 rings (SSSR count). The summed E-state index contributed by atoms with van der Waals surface area (Å²) in [4.78, 5) is 16.8. The van der Waals surface area contributed by atoms with Crippen LogP contribution < -0.4 is 5.32 Å². The fraction of sp³-hybridized carbons (Fsp3) is 0.0800. The number of pyridine rings is 1. The molecule has 8 nitrogen and oxygen atoms in total. The standard InChI is InChI=1S/C25H21N7O/c33-25(23-18-31(30-28-23)16-19-7-3-1-4-8-19)27-15-21-17-32(22-9-5-2-6-10-22)29-24(21)20-11-13-26-14-12-20/h1-14,17-18H,15-16H2,(H,27,33). The summed E-state index contributed by atoms with van der Waals surface area (Å²) < 4.78 is 3.47. The van der Waals surface area contributed by atoms with Crippen LogP contribution in [-0.4, -0.2) is 35.7 Å². The third-order valence-corrected chi connectivity index (χ3v) is 5.16. The molecular formula is C25H21N7O. The lowest BCUT2D eigenvalue weighted by Gasteiger charge is -2.04. The van der Waals surface area contributed by atoms with Crippen molar-refractivity contribution in [3.8, 4) is 16.9 Å². The van der Waals surface area contributed by atoms with Gasteiger partial charge in [0.1, 0.15) is 0 Å². The molecule has 1 N–H and O–H groups in total. The Morgan fingerprint density at radius 3 is 2.36 bits per heavy atom. The SMILES string of the molecule is O=C(NCc1cn(-c2ccccc2)nc1-c1ccncc1)c1cn(Cc2ccccc2)nn1. The minimum absolute atomic E-state index is 0.270. The number of benzene rings is 2. The van der Waals surface area contributed by atoms with Crippen molar-refractivity contribution in [2.24, 2.45) is 0 Å². The lowest BCUT2D eigenvalue weighted by molar-refractivity contribution is 0.0946. The van der Waals surface area contributed by atoms with Gasteiger partial charge in [-0.1, -0.05) is 53.7 Å². The maximum absolute atomic E-state index is 12.7. The Morgan fingerprint density at radius 2 is 1.61 bits per heavy atom. The fourth-order valence-electron chi connectivity index (χ4n) is 3.52. The van der Waals surface area contributed by atoms with E-state index in [2.05, 4.69) is 20.6 Å². The Hall–Kier alpha value is -4.59. The summed E-state index contributed by atoms with van der Waals surface area (Å²) in [5.41, 5.74) is 4.90. The van der Waals surface area contributed by atoms with Crippen LogP contribution in [0.25, 0.3) is 16.9 Å². The zero-order valence-electron chi connectivity index (χ0n) is 17.7. The number of carbonyl (C=O) groups excluding carboxylic acids is 1. The summed E-state index contributed by atoms with van der Waals surface area (Å²) in [7, 11) is 0. The number of hydrogen-bond acceptors (Lipinski definition) is 5. The number of para-hydroxylation sites is 1. The summed E-state index contributed by atoms with van der Waals surface area (Å²) in [5.74, 6) is -0.289. The van der Waals surface area contributed by atoms with Gasteiger partial charge in [0.05, 0.1) is 24.1 Å². The Morgan fingerprint density at radius 1 is 0.879 bits per heavy atom. The van der Waals surface area contributed by atoms with Crippen LogP contribution in [0, 0.1) is 0 Å². The molecule has 0 atom stereocenters. The number of amides is 1. The van der Waals surface area contributed by atoms with Gasteiger partial charge in [0.25, 0.3) is 5.91 Å². The Bertz CT molecular complexity index is 1350. The summed E-state index contributed by atoms with van der Waals surface area (Å²) in [5, 5.41) is 15.8. The third kappa shape index (κ3) is 4.69. The summed E-state index contributed by atoms with van der Waals surface area (Å²) in [6, 6.07) is 23.6. The average Bonchev–Trinajstić information content (AvgIpc) is 3.52. The number of aromatic nitrogens is 6. The highest BCUT2D eigenvalue weighted by Gasteiger charge is 2.16. The zero-order chi connectivity index (χ0) is 22.5. The van der Waals surface area contributed by atoms with Crippen molar-refractivity contribution in [1.29, 1.82) is 0 Å². The van der Waals surface area contributed by atoms with Crippen LogP contribution in [0.5, 0.6) is 0 Å². The predicted octanol–water partition coefficient (Wildman–Crippen LogP) is 3.50. The smallest absolute Gasteiger partial charge is 0.273 e. The highest BCUT2D eigenvalue weighted by molar-refractivity contribution is 5.91. The van der Waals surface area contributed by atoms with Crippen molar-refractivity contribution in [2.75, 3.05) is 0 Å². The second-order valence-electron chi connectivity index (χ2n) is 7.49. The number of carbonyl (C=O) groups is 1. The molecule has 0 fully saturated rings. The summed E-state index contributed by atoms with van der Waals surface area (Å²) >= 11 is 0. The lowest BCUT2D eigenvalue weighted by atomic mass is 10.1. The first-order valence-corrected chi connectivity index (χ1v) is 10.5. The first-order chi connectivity index (χ1) is 16.3. The van der Waals surface area contributed by atoms with Crippen molar-refractivity contribution in [2.45, 2.75) is 13.1 Å². The summed E-state index contributed by atoms with van der Waals surface area (Å²) in [6.45, 7) is 0.853. The molecule has 33 heavy (non-hydrogen) atoms. The van der Waals surface area contributed by atoms with Gasteiger partial charge in [-0.3, -0.25) is 9.78 Å². The maximum atomic E-state index is 12.7. The molecule has 1 amide bonds. The van der Waals surface area contributed by atoms with Gasteiger partial charge in [0, 0.05) is 36.3 Å². The molecule has 0 unspecified atom stereocenters. The number of nitrogens with zero attached hydrogens (tertiary/aromatic N) is 6. The molecule has 3 heterocycles. The number of rotatable bonds is 7. The van der Waals surface area contributed by atoms with E-state index in [1.165, 1.54) is 0 Å². The van der Waals surface area contributed by atoms with Crippen LogP contribution in [0.2, 0.25) is 0 Å². The summed E-state index contributed by atoms with van der Waals surface area (Å²) in [6.07, 6.45) is 7.03. The molecule has 0 saturated carbocycles. The van der Waals surface area contributed by atoms with Gasteiger partial charge in [-0.25, -0.2) is 9.36 Å². The molecule has 3 aromatic heterocycles. The van der Waals surface area contributed by atoms with Crippen LogP contribution in [0.15, 0.2) is 97.6 Å². The van der Waals surface area contributed by atoms with Gasteiger partial charge in [-0.05, 0) is 29.8 Å². The van der Waals surface area contributed by atoms with Crippen molar-refractivity contribution < 1.29 is 4.79 Å². The highest BCUT2D eigenvalue weighted by atomic mass is 16.2. The van der Waals surface area contributed by atoms with E-state index in [0.29, 0.717) is 13.1 Å². The predicted molar refractivity (Wildman–Crippen MR) is 124 cm³/mol. The third-order valence-electron chi connectivity index (χ3n) is 5.16. The molecular weight excluding hydrogens is 414 g/mol. The van der Waals surface area contributed by atoms with Crippen molar-refractivity contribution >= 4 is 5.91 Å². The largest absolute Gasteiger partial charge is 0.346 e. The van der Waals surface area contributed by atoms with Gasteiger partial charge in [-0.15, -0.1) is 5.10 Å². The second kappa shape index (κ2) is 9.27. The number of hydrogen-bond donors (Lipinski definition) is 1. The van der Waals surface area contributed by atoms with E-state index in [0.717, 1.165) is 28.1 Å². The van der Waals surface area contributed by atoms with Crippen molar-refractivity contribution in [3.05, 3.63) is 114 Å². The van der Waals surface area contributed by atoms with E-state index in [9.17, 15) is 4.79 Å². The molecule has 0 aliphatic heterocycles. The van der Waals surface area contributed by atoms with Crippen LogP contribution in [0.3, 0.4) is 0 Å². The van der Waals surface area contributed by atoms with Crippen LogP contribution in [0.4, 0.5) is 0 Å². The van der Waals surface area contributed by atoms with Crippen LogP contribution >= 0.6 is 0 Å². The zero-order valence-corrected chi connectivity index (χ0v) is 17.7. The molecule has 0 saturated heterocycles. The van der Waals surface area contributed by atoms with E-state index >= 15 is 0 Å². The molecule has 0 aliphatic carbocycles. The van der Waals surface area contributed by atoms with Crippen molar-refractivity contribution in [1.82, 2.24) is 35.1 Å². The molecule has 2 aromatic carbocycles. The highest BCUT2D eigenvalue weighted by Crippen LogP contribution is 2.23. The van der Waals surface area contributed by atoms with Gasteiger partial charge < -0.3 is 5.32 Å². The van der Waals surface area contributed by atoms with E-state index in [1.807, 2.05) is 83.7 Å². The molecule has 0 bridgehead atoms. The fourth-order valence-corrected chi connectivity index (χ4v) is 3.52. The molecule has 0 radical (unpaired) electrons. The lowest BCUT2D eigenvalue weighted by Crippen LogP contribution is -2.23. The topological polar surface area (TPSA) is 90.5 Å². The van der Waals surface area contributed by atoms with Gasteiger partial charge in [0.2, 0.25) is 0 Å². The second-order valence-corrected chi connectivity index (χ2v) is 7.49. The average molecular weight is 435 g/mol. The minimum atomic E-state index is -0.289. The molecule has 8 heteroatoms.